The largest absolute Gasteiger partial charge is 0.494 e. The molecule has 0 aliphatic heterocycles. The molecule has 1 amide bonds. The van der Waals surface area contributed by atoms with Gasteiger partial charge in [0.05, 0.1) is 18.4 Å². The van der Waals surface area contributed by atoms with Crippen LogP contribution in [-0.2, 0) is 21.2 Å². The van der Waals surface area contributed by atoms with E-state index in [1.54, 1.807) is 19.9 Å². The Balaban J connectivity index is 2.23. The van der Waals surface area contributed by atoms with E-state index in [2.05, 4.69) is 5.32 Å². The number of hydrogen-bond donors (Lipinski definition) is 2. The van der Waals surface area contributed by atoms with Crippen LogP contribution in [0.5, 0.6) is 5.75 Å². The lowest BCUT2D eigenvalue weighted by atomic mass is 10.1. The molecule has 8 heteroatoms. The molecule has 0 saturated carbocycles. The molecule has 0 heterocycles. The third kappa shape index (κ3) is 4.55. The van der Waals surface area contributed by atoms with E-state index in [0.29, 0.717) is 16.8 Å². The van der Waals surface area contributed by atoms with Gasteiger partial charge < -0.3 is 10.1 Å². The Morgan fingerprint density at radius 1 is 1.24 bits per heavy atom. The summed E-state index contributed by atoms with van der Waals surface area (Å²) in [5.41, 5.74) is 2.22. The molecule has 0 atom stereocenters. The molecular weight excluding hydrogens is 347 g/mol. The lowest BCUT2D eigenvalue weighted by molar-refractivity contribution is -0.115. The first-order chi connectivity index (χ1) is 11.6. The predicted molar refractivity (Wildman–Crippen MR) is 92.6 cm³/mol. The molecule has 0 aliphatic carbocycles. The fourth-order valence-corrected chi connectivity index (χ4v) is 2.94. The van der Waals surface area contributed by atoms with Crippen molar-refractivity contribution in [2.45, 2.75) is 25.2 Å². The van der Waals surface area contributed by atoms with Crippen molar-refractivity contribution < 1.29 is 22.3 Å². The highest BCUT2D eigenvalue weighted by Crippen LogP contribution is 2.24. The molecule has 2 aromatic carbocycles. The minimum absolute atomic E-state index is 0.0704. The third-order valence-corrected chi connectivity index (χ3v) is 4.72. The quantitative estimate of drug-likeness (QED) is 0.848. The van der Waals surface area contributed by atoms with Crippen molar-refractivity contribution in [2.24, 2.45) is 5.14 Å². The molecule has 0 fully saturated rings. The molecule has 0 spiro atoms. The number of ether oxygens (including phenoxy) is 1. The molecule has 0 radical (unpaired) electrons. The highest BCUT2D eigenvalue weighted by molar-refractivity contribution is 7.89. The molecule has 0 unspecified atom stereocenters. The van der Waals surface area contributed by atoms with Crippen LogP contribution in [0.3, 0.4) is 0 Å². The second-order valence-electron chi connectivity index (χ2n) is 5.65. The lowest BCUT2D eigenvalue weighted by Gasteiger charge is -2.13. The minimum Gasteiger partial charge on any atom is -0.494 e. The van der Waals surface area contributed by atoms with Gasteiger partial charge in [-0.1, -0.05) is 6.07 Å². The Bertz CT molecular complexity index is 926. The number of methoxy groups -OCH3 is 1. The fourth-order valence-electron chi connectivity index (χ4n) is 2.32. The fraction of sp³-hybridized carbons (Fsp3) is 0.235. The standard InChI is InChI=1S/C17H19FN2O4S/c1-10-6-13(25(19,22)23)9-15(11(10)2)20-17(21)8-12-4-5-16(24-3)14(18)7-12/h4-7,9H,8H2,1-3H3,(H,20,21)(H2,19,22,23). The van der Waals surface area contributed by atoms with Crippen LogP contribution in [0.4, 0.5) is 10.1 Å². The van der Waals surface area contributed by atoms with Gasteiger partial charge >= 0.3 is 0 Å². The van der Waals surface area contributed by atoms with Gasteiger partial charge in [-0.2, -0.15) is 0 Å². The van der Waals surface area contributed by atoms with Crippen LogP contribution in [-0.4, -0.2) is 21.4 Å². The SMILES string of the molecule is COc1ccc(CC(=O)Nc2cc(S(N)(=O)=O)cc(C)c2C)cc1F. The number of halogens is 1. The Labute approximate surface area is 145 Å². The molecule has 2 rings (SSSR count). The average molecular weight is 366 g/mol. The van der Waals surface area contributed by atoms with E-state index in [4.69, 9.17) is 9.88 Å². The van der Waals surface area contributed by atoms with Crippen LogP contribution in [0.15, 0.2) is 35.2 Å². The molecule has 0 aromatic heterocycles. The lowest BCUT2D eigenvalue weighted by Crippen LogP contribution is -2.17. The summed E-state index contributed by atoms with van der Waals surface area (Å²) in [5.74, 6) is -0.869. The van der Waals surface area contributed by atoms with E-state index in [-0.39, 0.29) is 17.1 Å². The van der Waals surface area contributed by atoms with Gasteiger partial charge in [0.15, 0.2) is 11.6 Å². The van der Waals surface area contributed by atoms with Gasteiger partial charge in [-0.3, -0.25) is 4.79 Å². The molecule has 134 valence electrons. The minimum atomic E-state index is -3.89. The first-order valence-electron chi connectivity index (χ1n) is 7.38. The van der Waals surface area contributed by atoms with E-state index in [1.165, 1.54) is 31.4 Å². The molecular formula is C17H19FN2O4S. The monoisotopic (exact) mass is 366 g/mol. The predicted octanol–water partition coefficient (Wildman–Crippen LogP) is 2.28. The highest BCUT2D eigenvalue weighted by Gasteiger charge is 2.15. The van der Waals surface area contributed by atoms with Gasteiger partial charge in [-0.15, -0.1) is 0 Å². The first-order valence-corrected chi connectivity index (χ1v) is 8.92. The molecule has 25 heavy (non-hydrogen) atoms. The molecule has 3 N–H and O–H groups in total. The summed E-state index contributed by atoms with van der Waals surface area (Å²) < 4.78 is 41.6. The zero-order chi connectivity index (χ0) is 18.8. The maximum atomic E-state index is 13.7. The van der Waals surface area contributed by atoms with Gasteiger partial charge in [0.25, 0.3) is 0 Å². The smallest absolute Gasteiger partial charge is 0.238 e. The van der Waals surface area contributed by atoms with Crippen molar-refractivity contribution in [3.8, 4) is 5.75 Å². The van der Waals surface area contributed by atoms with E-state index >= 15 is 0 Å². The third-order valence-electron chi connectivity index (χ3n) is 3.82. The number of rotatable bonds is 5. The van der Waals surface area contributed by atoms with Crippen molar-refractivity contribution in [3.05, 3.63) is 52.8 Å². The van der Waals surface area contributed by atoms with Crippen LogP contribution in [0.1, 0.15) is 16.7 Å². The van der Waals surface area contributed by atoms with E-state index in [0.717, 1.165) is 5.56 Å². The number of sulfonamides is 1. The summed E-state index contributed by atoms with van der Waals surface area (Å²) in [4.78, 5) is 12.1. The van der Waals surface area contributed by atoms with Crippen molar-refractivity contribution in [1.82, 2.24) is 0 Å². The van der Waals surface area contributed by atoms with Gasteiger partial charge in [0.1, 0.15) is 0 Å². The molecule has 0 saturated heterocycles. The van der Waals surface area contributed by atoms with Crippen molar-refractivity contribution in [2.75, 3.05) is 12.4 Å². The topological polar surface area (TPSA) is 98.5 Å². The molecule has 0 bridgehead atoms. The summed E-state index contributed by atoms with van der Waals surface area (Å²) in [6, 6.07) is 7.00. The number of anilines is 1. The highest BCUT2D eigenvalue weighted by atomic mass is 32.2. The Morgan fingerprint density at radius 3 is 2.48 bits per heavy atom. The van der Waals surface area contributed by atoms with Crippen molar-refractivity contribution in [1.29, 1.82) is 0 Å². The van der Waals surface area contributed by atoms with Crippen LogP contribution in [0, 0.1) is 19.7 Å². The second kappa shape index (κ2) is 7.20. The number of hydrogen-bond acceptors (Lipinski definition) is 4. The number of primary sulfonamides is 1. The Hall–Kier alpha value is -2.45. The van der Waals surface area contributed by atoms with Gasteiger partial charge in [0.2, 0.25) is 15.9 Å². The summed E-state index contributed by atoms with van der Waals surface area (Å²) in [7, 11) is -2.53. The number of nitrogens with one attached hydrogen (secondary N) is 1. The molecule has 2 aromatic rings. The van der Waals surface area contributed by atoms with Crippen molar-refractivity contribution in [3.63, 3.8) is 0 Å². The number of carbonyl (C=O) groups excluding carboxylic acids is 1. The summed E-state index contributed by atoms with van der Waals surface area (Å²) >= 11 is 0. The number of aryl methyl sites for hydroxylation is 1. The van der Waals surface area contributed by atoms with Crippen LogP contribution in [0.2, 0.25) is 0 Å². The maximum absolute atomic E-state index is 13.7. The number of nitrogens with two attached hydrogens (primary N) is 1. The zero-order valence-electron chi connectivity index (χ0n) is 14.1. The molecule has 6 nitrogen and oxygen atoms in total. The maximum Gasteiger partial charge on any atom is 0.238 e. The van der Waals surface area contributed by atoms with Gasteiger partial charge in [0, 0.05) is 5.69 Å². The van der Waals surface area contributed by atoms with Gasteiger partial charge in [-0.05, 0) is 54.8 Å². The normalized spacial score (nSPS) is 11.2. The van der Waals surface area contributed by atoms with Crippen LogP contribution >= 0.6 is 0 Å². The number of carbonyl (C=O) groups is 1. The second-order valence-corrected chi connectivity index (χ2v) is 7.21. The summed E-state index contributed by atoms with van der Waals surface area (Å²) in [6.45, 7) is 3.48. The number of amides is 1. The van der Waals surface area contributed by atoms with Crippen LogP contribution in [0.25, 0.3) is 0 Å². The van der Waals surface area contributed by atoms with Crippen LogP contribution < -0.4 is 15.2 Å². The van der Waals surface area contributed by atoms with Crippen molar-refractivity contribution >= 4 is 21.6 Å². The van der Waals surface area contributed by atoms with E-state index in [9.17, 15) is 17.6 Å². The first kappa shape index (κ1) is 18.9. The number of benzene rings is 2. The zero-order valence-corrected chi connectivity index (χ0v) is 14.9. The Kier molecular flexibility index (Phi) is 5.44. The van der Waals surface area contributed by atoms with E-state index in [1.807, 2.05) is 0 Å². The molecule has 0 aliphatic rings. The van der Waals surface area contributed by atoms with Gasteiger partial charge in [-0.25, -0.2) is 17.9 Å². The average Bonchev–Trinajstić information content (AvgIpc) is 2.50. The summed E-state index contributed by atoms with van der Waals surface area (Å²) in [6.07, 6.45) is -0.0704. The van der Waals surface area contributed by atoms with E-state index < -0.39 is 21.7 Å². The summed E-state index contributed by atoms with van der Waals surface area (Å²) in [5, 5.41) is 7.80. The Morgan fingerprint density at radius 2 is 1.92 bits per heavy atom.